The molecule has 0 saturated carbocycles. The zero-order valence-electron chi connectivity index (χ0n) is 17.0. The lowest BCUT2D eigenvalue weighted by atomic mass is 10.0. The number of fused-ring (bicyclic) bond motifs is 1. The van der Waals surface area contributed by atoms with Crippen molar-refractivity contribution in [2.24, 2.45) is 0 Å². The molecule has 3 amide bonds. The summed E-state index contributed by atoms with van der Waals surface area (Å²) in [6, 6.07) is 7.42. The quantitative estimate of drug-likeness (QED) is 0.594. The SMILES string of the molecule is Cc1[nH]cnc1C(=O)N1CCCC(N(C)C(=O)NCc2cc3cc(Cl)ccc3[nH]2)C1. The Morgan fingerprint density at radius 2 is 2.20 bits per heavy atom. The Kier molecular flexibility index (Phi) is 5.67. The van der Waals surface area contributed by atoms with Gasteiger partial charge in [-0.1, -0.05) is 11.6 Å². The number of nitrogens with one attached hydrogen (secondary N) is 3. The predicted molar refractivity (Wildman–Crippen MR) is 116 cm³/mol. The summed E-state index contributed by atoms with van der Waals surface area (Å²) in [6.45, 7) is 3.39. The summed E-state index contributed by atoms with van der Waals surface area (Å²) in [4.78, 5) is 39.3. The number of carbonyl (C=O) groups excluding carboxylic acids is 2. The molecule has 1 aliphatic rings. The molecular weight excluding hydrogens is 404 g/mol. The number of aromatic nitrogens is 3. The highest BCUT2D eigenvalue weighted by Crippen LogP contribution is 2.21. The number of nitrogens with zero attached hydrogens (tertiary/aromatic N) is 3. The van der Waals surface area contributed by atoms with Gasteiger partial charge in [0, 0.05) is 47.5 Å². The molecule has 8 nitrogen and oxygen atoms in total. The normalized spacial score (nSPS) is 16.6. The zero-order valence-corrected chi connectivity index (χ0v) is 17.8. The summed E-state index contributed by atoms with van der Waals surface area (Å²) < 4.78 is 0. The van der Waals surface area contributed by atoms with Crippen LogP contribution in [0.2, 0.25) is 5.02 Å². The van der Waals surface area contributed by atoms with E-state index < -0.39 is 0 Å². The fraction of sp³-hybridized carbons (Fsp3) is 0.381. The van der Waals surface area contributed by atoms with Gasteiger partial charge < -0.3 is 25.1 Å². The molecule has 1 fully saturated rings. The number of benzene rings is 1. The number of urea groups is 1. The first-order chi connectivity index (χ1) is 14.4. The van der Waals surface area contributed by atoms with E-state index in [2.05, 4.69) is 20.3 Å². The number of aromatic amines is 2. The fourth-order valence-electron chi connectivity index (χ4n) is 3.90. The fourth-order valence-corrected chi connectivity index (χ4v) is 4.08. The number of imidazole rings is 1. The molecule has 1 atom stereocenters. The molecule has 4 rings (SSSR count). The van der Waals surface area contributed by atoms with E-state index in [-0.39, 0.29) is 18.0 Å². The van der Waals surface area contributed by atoms with Crippen LogP contribution in [0.5, 0.6) is 0 Å². The molecule has 9 heteroatoms. The van der Waals surface area contributed by atoms with Crippen LogP contribution < -0.4 is 5.32 Å². The third-order valence-corrected chi connectivity index (χ3v) is 5.89. The van der Waals surface area contributed by atoms with E-state index in [9.17, 15) is 9.59 Å². The summed E-state index contributed by atoms with van der Waals surface area (Å²) in [7, 11) is 1.78. The molecule has 3 aromatic rings. The first kappa shape index (κ1) is 20.3. The van der Waals surface area contributed by atoms with Crippen molar-refractivity contribution in [3.8, 4) is 0 Å². The molecule has 0 radical (unpaired) electrons. The number of hydrogen-bond donors (Lipinski definition) is 3. The Hall–Kier alpha value is -3.00. The maximum Gasteiger partial charge on any atom is 0.317 e. The lowest BCUT2D eigenvalue weighted by molar-refractivity contribution is 0.0630. The van der Waals surface area contributed by atoms with Crippen molar-refractivity contribution in [1.82, 2.24) is 30.1 Å². The van der Waals surface area contributed by atoms with Crippen LogP contribution in [0, 0.1) is 6.92 Å². The van der Waals surface area contributed by atoms with Crippen LogP contribution in [0.1, 0.15) is 34.7 Å². The van der Waals surface area contributed by atoms with E-state index in [1.807, 2.05) is 31.2 Å². The zero-order chi connectivity index (χ0) is 21.3. The Morgan fingerprint density at radius 1 is 1.37 bits per heavy atom. The third kappa shape index (κ3) is 4.14. The van der Waals surface area contributed by atoms with E-state index >= 15 is 0 Å². The minimum absolute atomic E-state index is 0.0385. The number of halogens is 1. The molecule has 3 N–H and O–H groups in total. The van der Waals surface area contributed by atoms with Gasteiger partial charge in [0.1, 0.15) is 5.69 Å². The van der Waals surface area contributed by atoms with Crippen molar-refractivity contribution in [2.75, 3.05) is 20.1 Å². The van der Waals surface area contributed by atoms with Crippen LogP contribution in [0.25, 0.3) is 10.9 Å². The van der Waals surface area contributed by atoms with E-state index in [0.29, 0.717) is 30.4 Å². The molecule has 1 aliphatic heterocycles. The minimum Gasteiger partial charge on any atom is -0.357 e. The van der Waals surface area contributed by atoms with Crippen LogP contribution in [-0.4, -0.2) is 62.9 Å². The molecule has 0 spiro atoms. The van der Waals surface area contributed by atoms with Gasteiger partial charge in [0.05, 0.1) is 18.9 Å². The smallest absolute Gasteiger partial charge is 0.317 e. The van der Waals surface area contributed by atoms with Crippen molar-refractivity contribution in [2.45, 2.75) is 32.4 Å². The summed E-state index contributed by atoms with van der Waals surface area (Å²) >= 11 is 6.03. The molecule has 0 bridgehead atoms. The summed E-state index contributed by atoms with van der Waals surface area (Å²) in [5.41, 5.74) is 3.09. The first-order valence-corrected chi connectivity index (χ1v) is 10.4. The molecule has 158 valence electrons. The maximum atomic E-state index is 12.8. The van der Waals surface area contributed by atoms with Crippen molar-refractivity contribution in [3.05, 3.63) is 52.7 Å². The second-order valence-electron chi connectivity index (χ2n) is 7.72. The molecule has 2 aromatic heterocycles. The average molecular weight is 429 g/mol. The number of likely N-dealkylation sites (N-methyl/N-ethyl adjacent to an activating group) is 1. The number of carbonyl (C=O) groups is 2. The van der Waals surface area contributed by atoms with Crippen LogP contribution >= 0.6 is 11.6 Å². The topological polar surface area (TPSA) is 97.1 Å². The molecule has 1 saturated heterocycles. The van der Waals surface area contributed by atoms with Gasteiger partial charge in [-0.3, -0.25) is 4.79 Å². The van der Waals surface area contributed by atoms with Gasteiger partial charge >= 0.3 is 6.03 Å². The molecule has 1 unspecified atom stereocenters. The van der Waals surface area contributed by atoms with Crippen molar-refractivity contribution >= 4 is 34.4 Å². The van der Waals surface area contributed by atoms with Crippen molar-refractivity contribution in [1.29, 1.82) is 0 Å². The highest BCUT2D eigenvalue weighted by atomic mass is 35.5. The third-order valence-electron chi connectivity index (χ3n) is 5.65. The van der Waals surface area contributed by atoms with Gasteiger partial charge in [-0.25, -0.2) is 9.78 Å². The van der Waals surface area contributed by atoms with Crippen LogP contribution in [0.15, 0.2) is 30.6 Å². The van der Waals surface area contributed by atoms with Gasteiger partial charge in [0.25, 0.3) is 5.91 Å². The Morgan fingerprint density at radius 3 is 2.97 bits per heavy atom. The predicted octanol–water partition coefficient (Wildman–Crippen LogP) is 3.30. The molecule has 0 aliphatic carbocycles. The Balaban J connectivity index is 1.35. The standard InChI is InChI=1S/C21H25ClN6O2/c1-13-19(25-12-24-13)20(29)28-7-3-4-17(11-28)27(2)21(30)23-10-16-9-14-8-15(22)5-6-18(14)26-16/h5-6,8-9,12,17,26H,3-4,7,10-11H2,1-2H3,(H,23,30)(H,24,25). The van der Waals surface area contributed by atoms with Crippen LogP contribution in [0.4, 0.5) is 4.79 Å². The van der Waals surface area contributed by atoms with E-state index in [1.54, 1.807) is 16.8 Å². The highest BCUT2D eigenvalue weighted by Gasteiger charge is 2.30. The molecule has 30 heavy (non-hydrogen) atoms. The Labute approximate surface area is 179 Å². The van der Waals surface area contributed by atoms with Crippen LogP contribution in [-0.2, 0) is 6.54 Å². The second-order valence-corrected chi connectivity index (χ2v) is 8.16. The van der Waals surface area contributed by atoms with Gasteiger partial charge in [0.15, 0.2) is 0 Å². The van der Waals surface area contributed by atoms with Gasteiger partial charge in [-0.05, 0) is 44.0 Å². The van der Waals surface area contributed by atoms with E-state index in [4.69, 9.17) is 11.6 Å². The van der Waals surface area contributed by atoms with E-state index in [1.165, 1.54) is 6.33 Å². The molecule has 3 heterocycles. The lowest BCUT2D eigenvalue weighted by Gasteiger charge is -2.37. The lowest BCUT2D eigenvalue weighted by Crippen LogP contribution is -2.52. The van der Waals surface area contributed by atoms with Gasteiger partial charge in [0.2, 0.25) is 0 Å². The summed E-state index contributed by atoms with van der Waals surface area (Å²) in [5, 5.41) is 4.64. The monoisotopic (exact) mass is 428 g/mol. The number of hydrogen-bond acceptors (Lipinski definition) is 3. The molecule has 1 aromatic carbocycles. The van der Waals surface area contributed by atoms with E-state index in [0.717, 1.165) is 35.1 Å². The number of piperidine rings is 1. The number of H-pyrrole nitrogens is 2. The minimum atomic E-state index is -0.165. The maximum absolute atomic E-state index is 12.8. The van der Waals surface area contributed by atoms with Crippen molar-refractivity contribution in [3.63, 3.8) is 0 Å². The first-order valence-electron chi connectivity index (χ1n) is 9.99. The highest BCUT2D eigenvalue weighted by molar-refractivity contribution is 6.31. The summed E-state index contributed by atoms with van der Waals surface area (Å²) in [5.74, 6) is -0.0935. The summed E-state index contributed by atoms with van der Waals surface area (Å²) in [6.07, 6.45) is 3.24. The van der Waals surface area contributed by atoms with Gasteiger partial charge in [-0.2, -0.15) is 0 Å². The second kappa shape index (κ2) is 8.39. The number of likely N-dealkylation sites (tertiary alicyclic amines) is 1. The largest absolute Gasteiger partial charge is 0.357 e. The number of amides is 3. The Bertz CT molecular complexity index is 1070. The van der Waals surface area contributed by atoms with Crippen molar-refractivity contribution < 1.29 is 9.59 Å². The van der Waals surface area contributed by atoms with Gasteiger partial charge in [-0.15, -0.1) is 0 Å². The molecular formula is C21H25ClN6O2. The average Bonchev–Trinajstić information content (AvgIpc) is 3.36. The number of rotatable bonds is 4. The number of aryl methyl sites for hydroxylation is 1. The van der Waals surface area contributed by atoms with Crippen LogP contribution in [0.3, 0.4) is 0 Å².